The summed E-state index contributed by atoms with van der Waals surface area (Å²) in [6, 6.07) is 9.91. The molecule has 0 radical (unpaired) electrons. The van der Waals surface area contributed by atoms with Crippen molar-refractivity contribution in [1.82, 2.24) is 4.98 Å². The van der Waals surface area contributed by atoms with E-state index in [4.69, 9.17) is 10.2 Å². The van der Waals surface area contributed by atoms with Crippen LogP contribution < -0.4 is 5.73 Å². The van der Waals surface area contributed by atoms with Crippen LogP contribution in [0.4, 0.5) is 10.1 Å². The second-order valence-electron chi connectivity index (χ2n) is 4.22. The second kappa shape index (κ2) is 3.84. The quantitative estimate of drug-likeness (QED) is 0.664. The number of rotatable bonds is 1. The molecule has 0 fully saturated rings. The number of oxazole rings is 1. The van der Waals surface area contributed by atoms with Crippen LogP contribution in [-0.2, 0) is 0 Å². The lowest BCUT2D eigenvalue weighted by molar-refractivity contribution is 0.617. The molecule has 0 aliphatic rings. The molecule has 1 aromatic heterocycles. The molecule has 2 aromatic carbocycles. The highest BCUT2D eigenvalue weighted by molar-refractivity contribution is 5.79. The fourth-order valence-electron chi connectivity index (χ4n) is 1.88. The van der Waals surface area contributed by atoms with Crippen LogP contribution in [0.2, 0.25) is 0 Å². The van der Waals surface area contributed by atoms with Gasteiger partial charge in [0.1, 0.15) is 11.3 Å². The first-order chi connectivity index (χ1) is 8.63. The maximum atomic E-state index is 13.0. The number of anilines is 1. The smallest absolute Gasteiger partial charge is 0.229 e. The highest BCUT2D eigenvalue weighted by Crippen LogP contribution is 2.29. The molecule has 0 bridgehead atoms. The van der Waals surface area contributed by atoms with Crippen LogP contribution in [0.1, 0.15) is 5.56 Å². The van der Waals surface area contributed by atoms with E-state index in [1.165, 1.54) is 12.1 Å². The number of nitrogen functional groups attached to an aromatic ring is 1. The number of hydrogen-bond donors (Lipinski definition) is 1. The van der Waals surface area contributed by atoms with E-state index in [9.17, 15) is 4.39 Å². The van der Waals surface area contributed by atoms with E-state index < -0.39 is 0 Å². The molecule has 0 aliphatic heterocycles. The van der Waals surface area contributed by atoms with Crippen LogP contribution in [-0.4, -0.2) is 4.98 Å². The van der Waals surface area contributed by atoms with Crippen LogP contribution in [0.15, 0.2) is 40.8 Å². The highest BCUT2D eigenvalue weighted by Gasteiger charge is 2.11. The summed E-state index contributed by atoms with van der Waals surface area (Å²) in [6.45, 7) is 1.99. The average Bonchev–Trinajstić information content (AvgIpc) is 2.71. The van der Waals surface area contributed by atoms with Gasteiger partial charge < -0.3 is 10.2 Å². The molecular weight excluding hydrogens is 231 g/mol. The Kier molecular flexibility index (Phi) is 2.30. The fourth-order valence-corrected chi connectivity index (χ4v) is 1.88. The van der Waals surface area contributed by atoms with Gasteiger partial charge in [-0.1, -0.05) is 6.07 Å². The third-order valence-corrected chi connectivity index (χ3v) is 2.79. The Bertz CT molecular complexity index is 734. The van der Waals surface area contributed by atoms with Crippen molar-refractivity contribution in [1.29, 1.82) is 0 Å². The predicted molar refractivity (Wildman–Crippen MR) is 68.6 cm³/mol. The van der Waals surface area contributed by atoms with Gasteiger partial charge in [-0.15, -0.1) is 0 Å². The Morgan fingerprint density at radius 3 is 2.78 bits per heavy atom. The van der Waals surface area contributed by atoms with Crippen molar-refractivity contribution in [3.05, 3.63) is 47.8 Å². The molecule has 0 saturated heterocycles. The van der Waals surface area contributed by atoms with Gasteiger partial charge >= 0.3 is 0 Å². The van der Waals surface area contributed by atoms with E-state index in [0.717, 1.165) is 11.1 Å². The predicted octanol–water partition coefficient (Wildman–Crippen LogP) is 3.52. The summed E-state index contributed by atoms with van der Waals surface area (Å²) < 4.78 is 18.6. The summed E-state index contributed by atoms with van der Waals surface area (Å²) in [4.78, 5) is 4.37. The first kappa shape index (κ1) is 10.8. The number of nitrogens with zero attached hydrogens (tertiary/aromatic N) is 1. The summed E-state index contributed by atoms with van der Waals surface area (Å²) in [5.74, 6) is 0.0382. The molecule has 3 rings (SSSR count). The molecule has 0 aliphatic carbocycles. The molecule has 18 heavy (non-hydrogen) atoms. The van der Waals surface area contributed by atoms with E-state index in [-0.39, 0.29) is 5.82 Å². The van der Waals surface area contributed by atoms with E-state index in [0.29, 0.717) is 22.7 Å². The molecule has 0 unspecified atom stereocenters. The average molecular weight is 242 g/mol. The third-order valence-electron chi connectivity index (χ3n) is 2.79. The second-order valence-corrected chi connectivity index (χ2v) is 4.22. The number of benzene rings is 2. The third kappa shape index (κ3) is 1.72. The van der Waals surface area contributed by atoms with Gasteiger partial charge in [0.2, 0.25) is 5.89 Å². The SMILES string of the molecule is Cc1ccc2oc(-c3ccc(F)cc3N)nc2c1. The standard InChI is InChI=1S/C14H11FN2O/c1-8-2-5-13-12(6-8)17-14(18-13)10-4-3-9(15)7-11(10)16/h2-7H,16H2,1H3. The van der Waals surface area contributed by atoms with Crippen molar-refractivity contribution in [3.63, 3.8) is 0 Å². The van der Waals surface area contributed by atoms with Crippen LogP contribution in [0, 0.1) is 12.7 Å². The molecule has 0 saturated carbocycles. The van der Waals surface area contributed by atoms with Gasteiger partial charge in [0.25, 0.3) is 0 Å². The zero-order valence-electron chi connectivity index (χ0n) is 9.77. The lowest BCUT2D eigenvalue weighted by atomic mass is 10.2. The maximum absolute atomic E-state index is 13.0. The van der Waals surface area contributed by atoms with Crippen molar-refractivity contribution >= 4 is 16.8 Å². The van der Waals surface area contributed by atoms with Crippen LogP contribution in [0.5, 0.6) is 0 Å². The molecule has 4 heteroatoms. The molecule has 0 amide bonds. The van der Waals surface area contributed by atoms with Crippen LogP contribution >= 0.6 is 0 Å². The summed E-state index contributed by atoms with van der Waals surface area (Å²) in [5, 5.41) is 0. The van der Waals surface area contributed by atoms with Gasteiger partial charge in [0.05, 0.1) is 5.56 Å². The Balaban J connectivity index is 2.19. The first-order valence-electron chi connectivity index (χ1n) is 5.56. The number of fused-ring (bicyclic) bond motifs is 1. The normalized spacial score (nSPS) is 11.0. The molecule has 1 heterocycles. The van der Waals surface area contributed by atoms with Gasteiger partial charge in [-0.05, 0) is 42.8 Å². The zero-order chi connectivity index (χ0) is 12.7. The van der Waals surface area contributed by atoms with Crippen molar-refractivity contribution < 1.29 is 8.81 Å². The van der Waals surface area contributed by atoms with E-state index >= 15 is 0 Å². The lowest BCUT2D eigenvalue weighted by Crippen LogP contribution is -1.91. The number of hydrogen-bond acceptors (Lipinski definition) is 3. The summed E-state index contributed by atoms with van der Waals surface area (Å²) >= 11 is 0. The Hall–Kier alpha value is -2.36. The van der Waals surface area contributed by atoms with Gasteiger partial charge in [0.15, 0.2) is 5.58 Å². The molecule has 0 atom stereocenters. The minimum Gasteiger partial charge on any atom is -0.436 e. The minimum absolute atomic E-state index is 0.318. The minimum atomic E-state index is -0.372. The van der Waals surface area contributed by atoms with E-state index in [1.54, 1.807) is 6.07 Å². The van der Waals surface area contributed by atoms with Crippen LogP contribution in [0.25, 0.3) is 22.6 Å². The fraction of sp³-hybridized carbons (Fsp3) is 0.0714. The maximum Gasteiger partial charge on any atom is 0.229 e. The van der Waals surface area contributed by atoms with Crippen molar-refractivity contribution in [2.24, 2.45) is 0 Å². The molecular formula is C14H11FN2O. The Morgan fingerprint density at radius 2 is 2.00 bits per heavy atom. The molecule has 3 nitrogen and oxygen atoms in total. The number of nitrogens with two attached hydrogens (primary N) is 1. The van der Waals surface area contributed by atoms with Gasteiger partial charge in [-0.25, -0.2) is 9.37 Å². The number of halogens is 1. The molecule has 0 spiro atoms. The number of aromatic nitrogens is 1. The Labute approximate surface area is 103 Å². The molecule has 2 N–H and O–H groups in total. The topological polar surface area (TPSA) is 52.0 Å². The van der Waals surface area contributed by atoms with Crippen LogP contribution in [0.3, 0.4) is 0 Å². The van der Waals surface area contributed by atoms with Crippen molar-refractivity contribution in [2.45, 2.75) is 6.92 Å². The number of aryl methyl sites for hydroxylation is 1. The van der Waals surface area contributed by atoms with Gasteiger partial charge in [0, 0.05) is 5.69 Å². The largest absolute Gasteiger partial charge is 0.436 e. The monoisotopic (exact) mass is 242 g/mol. The summed E-state index contributed by atoms with van der Waals surface area (Å²) in [7, 11) is 0. The molecule has 3 aromatic rings. The van der Waals surface area contributed by atoms with E-state index in [2.05, 4.69) is 4.98 Å². The van der Waals surface area contributed by atoms with Gasteiger partial charge in [-0.2, -0.15) is 0 Å². The first-order valence-corrected chi connectivity index (χ1v) is 5.56. The summed E-state index contributed by atoms with van der Waals surface area (Å²) in [6.07, 6.45) is 0. The molecule has 90 valence electrons. The van der Waals surface area contributed by atoms with Crippen molar-refractivity contribution in [3.8, 4) is 11.5 Å². The summed E-state index contributed by atoms with van der Waals surface area (Å²) in [5.41, 5.74) is 9.26. The van der Waals surface area contributed by atoms with Gasteiger partial charge in [-0.3, -0.25) is 0 Å². The zero-order valence-corrected chi connectivity index (χ0v) is 9.77. The van der Waals surface area contributed by atoms with Crippen molar-refractivity contribution in [2.75, 3.05) is 5.73 Å². The lowest BCUT2D eigenvalue weighted by Gasteiger charge is -2.00. The highest BCUT2D eigenvalue weighted by atomic mass is 19.1. The van der Waals surface area contributed by atoms with E-state index in [1.807, 2.05) is 25.1 Å². The Morgan fingerprint density at radius 1 is 1.17 bits per heavy atom.